The molecule has 0 aromatic heterocycles. The Labute approximate surface area is 142 Å². The van der Waals surface area contributed by atoms with E-state index in [0.717, 1.165) is 35.7 Å². The van der Waals surface area contributed by atoms with E-state index in [1.807, 2.05) is 47.4 Å². The summed E-state index contributed by atoms with van der Waals surface area (Å²) in [6, 6.07) is 16.2. The lowest BCUT2D eigenvalue weighted by Crippen LogP contribution is -2.87. The lowest BCUT2D eigenvalue weighted by Gasteiger charge is -2.29. The van der Waals surface area contributed by atoms with Gasteiger partial charge >= 0.3 is 0 Å². The standard InChI is InChI=1S/C19H21ClN2O/c1-14(16-9-3-4-10-17(16)20)21-13-19(23)22-12-6-8-15-7-2-5-11-18(15)22/h2-5,7,9-11,14,21H,6,8,12-13H2,1H3/p+1/t14-/m0/s1. The van der Waals surface area contributed by atoms with Gasteiger partial charge in [-0.2, -0.15) is 0 Å². The predicted octanol–water partition coefficient (Wildman–Crippen LogP) is 2.94. The molecule has 120 valence electrons. The van der Waals surface area contributed by atoms with E-state index in [1.54, 1.807) is 0 Å². The van der Waals surface area contributed by atoms with Crippen molar-refractivity contribution in [3.8, 4) is 0 Å². The number of nitrogens with zero attached hydrogens (tertiary/aromatic N) is 1. The van der Waals surface area contributed by atoms with Gasteiger partial charge in [0.25, 0.3) is 5.91 Å². The molecule has 2 aromatic carbocycles. The number of fused-ring (bicyclic) bond motifs is 1. The van der Waals surface area contributed by atoms with Crippen LogP contribution in [0.2, 0.25) is 5.02 Å². The summed E-state index contributed by atoms with van der Waals surface area (Å²) in [6.07, 6.45) is 2.09. The van der Waals surface area contributed by atoms with Crippen LogP contribution in [0.4, 0.5) is 5.69 Å². The first-order valence-electron chi connectivity index (χ1n) is 8.13. The molecule has 23 heavy (non-hydrogen) atoms. The minimum Gasteiger partial charge on any atom is -0.332 e. The van der Waals surface area contributed by atoms with Gasteiger partial charge in [-0.3, -0.25) is 4.79 Å². The molecule has 0 saturated carbocycles. The zero-order valence-corrected chi connectivity index (χ0v) is 14.1. The second-order valence-electron chi connectivity index (χ2n) is 6.03. The van der Waals surface area contributed by atoms with E-state index in [1.165, 1.54) is 5.56 Å². The van der Waals surface area contributed by atoms with E-state index in [2.05, 4.69) is 18.3 Å². The van der Waals surface area contributed by atoms with Gasteiger partial charge in [-0.25, -0.2) is 0 Å². The third-order valence-electron chi connectivity index (χ3n) is 4.45. The summed E-state index contributed by atoms with van der Waals surface area (Å²) < 4.78 is 0. The summed E-state index contributed by atoms with van der Waals surface area (Å²) in [5.74, 6) is 0.163. The van der Waals surface area contributed by atoms with Gasteiger partial charge in [0.05, 0.1) is 0 Å². The van der Waals surface area contributed by atoms with E-state index < -0.39 is 0 Å². The molecular formula is C19H22ClN2O+. The highest BCUT2D eigenvalue weighted by Gasteiger charge is 2.24. The van der Waals surface area contributed by atoms with Crippen LogP contribution in [0.1, 0.15) is 30.5 Å². The van der Waals surface area contributed by atoms with Crippen molar-refractivity contribution in [3.05, 3.63) is 64.7 Å². The van der Waals surface area contributed by atoms with Gasteiger partial charge < -0.3 is 10.2 Å². The van der Waals surface area contributed by atoms with Gasteiger partial charge in [-0.1, -0.05) is 48.0 Å². The van der Waals surface area contributed by atoms with Crippen molar-refractivity contribution >= 4 is 23.2 Å². The molecule has 3 nitrogen and oxygen atoms in total. The SMILES string of the molecule is C[C@H]([NH2+]CC(=O)N1CCCc2ccccc21)c1ccccc1Cl. The third kappa shape index (κ3) is 3.57. The zero-order valence-electron chi connectivity index (χ0n) is 13.3. The summed E-state index contributed by atoms with van der Waals surface area (Å²) >= 11 is 6.23. The smallest absolute Gasteiger partial charge is 0.282 e. The van der Waals surface area contributed by atoms with Crippen molar-refractivity contribution in [2.75, 3.05) is 18.0 Å². The zero-order chi connectivity index (χ0) is 16.2. The van der Waals surface area contributed by atoms with Crippen LogP contribution in [0, 0.1) is 0 Å². The second-order valence-corrected chi connectivity index (χ2v) is 6.43. The quantitative estimate of drug-likeness (QED) is 0.920. The Bertz CT molecular complexity index is 701. The molecule has 0 spiro atoms. The molecule has 1 aliphatic heterocycles. The van der Waals surface area contributed by atoms with Gasteiger partial charge in [-0.15, -0.1) is 0 Å². The lowest BCUT2D eigenvalue weighted by atomic mass is 10.0. The Kier molecular flexibility index (Phi) is 4.99. The number of hydrogen-bond acceptors (Lipinski definition) is 1. The molecule has 2 aromatic rings. The average molecular weight is 330 g/mol. The van der Waals surface area contributed by atoms with Crippen molar-refractivity contribution in [2.45, 2.75) is 25.8 Å². The molecule has 1 amide bonds. The molecule has 1 atom stereocenters. The Hall–Kier alpha value is -1.84. The monoisotopic (exact) mass is 329 g/mol. The van der Waals surface area contributed by atoms with Gasteiger partial charge in [0.2, 0.25) is 0 Å². The van der Waals surface area contributed by atoms with E-state index in [4.69, 9.17) is 11.6 Å². The summed E-state index contributed by atoms with van der Waals surface area (Å²) in [4.78, 5) is 14.6. The number of halogens is 1. The molecule has 1 heterocycles. The maximum atomic E-state index is 12.6. The Morgan fingerprint density at radius 2 is 1.96 bits per heavy atom. The number of aryl methyl sites for hydroxylation is 1. The average Bonchev–Trinajstić information content (AvgIpc) is 2.59. The molecular weight excluding hydrogens is 308 g/mol. The van der Waals surface area contributed by atoms with Crippen molar-refractivity contribution in [3.63, 3.8) is 0 Å². The van der Waals surface area contributed by atoms with Crippen molar-refractivity contribution in [1.29, 1.82) is 0 Å². The van der Waals surface area contributed by atoms with Crippen LogP contribution in [-0.2, 0) is 11.2 Å². The maximum absolute atomic E-state index is 12.6. The van der Waals surface area contributed by atoms with Gasteiger partial charge in [0, 0.05) is 22.8 Å². The lowest BCUT2D eigenvalue weighted by molar-refractivity contribution is -0.682. The molecule has 0 bridgehead atoms. The highest BCUT2D eigenvalue weighted by atomic mass is 35.5. The minimum absolute atomic E-state index is 0.160. The van der Waals surface area contributed by atoms with E-state index >= 15 is 0 Å². The number of carbonyl (C=O) groups excluding carboxylic acids is 1. The fraction of sp³-hybridized carbons (Fsp3) is 0.316. The molecule has 4 heteroatoms. The highest BCUT2D eigenvalue weighted by molar-refractivity contribution is 6.31. The molecule has 0 fully saturated rings. The topological polar surface area (TPSA) is 36.9 Å². The molecule has 0 radical (unpaired) electrons. The van der Waals surface area contributed by atoms with Crippen LogP contribution in [0.3, 0.4) is 0 Å². The number of anilines is 1. The number of hydrogen-bond donors (Lipinski definition) is 1. The summed E-state index contributed by atoms with van der Waals surface area (Å²) in [5, 5.41) is 2.81. The summed E-state index contributed by atoms with van der Waals surface area (Å²) in [6.45, 7) is 3.32. The number of quaternary nitrogens is 1. The van der Waals surface area contributed by atoms with Gasteiger partial charge in [0.1, 0.15) is 6.04 Å². The Morgan fingerprint density at radius 1 is 1.22 bits per heavy atom. The minimum atomic E-state index is 0.160. The summed E-state index contributed by atoms with van der Waals surface area (Å²) in [5.41, 5.74) is 3.41. The van der Waals surface area contributed by atoms with Crippen molar-refractivity contribution in [1.82, 2.24) is 0 Å². The van der Waals surface area contributed by atoms with Crippen LogP contribution in [0.15, 0.2) is 48.5 Å². The van der Waals surface area contributed by atoms with E-state index in [-0.39, 0.29) is 11.9 Å². The Morgan fingerprint density at radius 3 is 2.78 bits per heavy atom. The Balaban J connectivity index is 1.66. The predicted molar refractivity (Wildman–Crippen MR) is 93.8 cm³/mol. The van der Waals surface area contributed by atoms with E-state index in [0.29, 0.717) is 6.54 Å². The molecule has 0 aliphatic carbocycles. The number of rotatable bonds is 4. The second kappa shape index (κ2) is 7.16. The highest BCUT2D eigenvalue weighted by Crippen LogP contribution is 2.26. The molecule has 2 N–H and O–H groups in total. The first-order chi connectivity index (χ1) is 11.2. The first kappa shape index (κ1) is 16.0. The van der Waals surface area contributed by atoms with E-state index in [9.17, 15) is 4.79 Å². The number of amides is 1. The van der Waals surface area contributed by atoms with Crippen molar-refractivity contribution < 1.29 is 10.1 Å². The third-order valence-corrected chi connectivity index (χ3v) is 4.80. The van der Waals surface area contributed by atoms with Crippen LogP contribution in [0.25, 0.3) is 0 Å². The van der Waals surface area contributed by atoms with Gasteiger partial charge in [0.15, 0.2) is 6.54 Å². The molecule has 0 unspecified atom stereocenters. The van der Waals surface area contributed by atoms with Crippen LogP contribution in [-0.4, -0.2) is 19.0 Å². The van der Waals surface area contributed by atoms with Crippen molar-refractivity contribution in [2.24, 2.45) is 0 Å². The van der Waals surface area contributed by atoms with Crippen LogP contribution in [0.5, 0.6) is 0 Å². The number of para-hydroxylation sites is 1. The van der Waals surface area contributed by atoms with Crippen LogP contribution < -0.4 is 10.2 Å². The number of carbonyl (C=O) groups is 1. The number of nitrogens with two attached hydrogens (primary N) is 1. The maximum Gasteiger partial charge on any atom is 0.282 e. The first-order valence-corrected chi connectivity index (χ1v) is 8.50. The fourth-order valence-corrected chi connectivity index (χ4v) is 3.46. The normalized spacial score (nSPS) is 15.1. The fourth-order valence-electron chi connectivity index (χ4n) is 3.15. The van der Waals surface area contributed by atoms with Crippen LogP contribution >= 0.6 is 11.6 Å². The van der Waals surface area contributed by atoms with Gasteiger partial charge in [-0.05, 0) is 37.5 Å². The number of benzene rings is 2. The molecule has 3 rings (SSSR count). The summed E-state index contributed by atoms with van der Waals surface area (Å²) in [7, 11) is 0. The molecule has 0 saturated heterocycles. The molecule has 1 aliphatic rings. The largest absolute Gasteiger partial charge is 0.332 e.